The van der Waals surface area contributed by atoms with E-state index >= 15 is 0 Å². The number of hydrogen-bond acceptors (Lipinski definition) is 5. The highest BCUT2D eigenvalue weighted by Gasteiger charge is 2.28. The van der Waals surface area contributed by atoms with Crippen LogP contribution in [-0.2, 0) is 0 Å². The van der Waals surface area contributed by atoms with Crippen LogP contribution in [0.4, 0.5) is 5.69 Å². The van der Waals surface area contributed by atoms with E-state index < -0.39 is 0 Å². The molecule has 1 heterocycles. The summed E-state index contributed by atoms with van der Waals surface area (Å²) >= 11 is 0. The molecule has 0 N–H and O–H groups in total. The third-order valence-corrected chi connectivity index (χ3v) is 7.67. The minimum atomic E-state index is -0.142. The third kappa shape index (κ3) is 7.14. The van der Waals surface area contributed by atoms with Crippen molar-refractivity contribution in [3.05, 3.63) is 119 Å². The van der Waals surface area contributed by atoms with Crippen LogP contribution in [0.3, 0.4) is 0 Å². The molecule has 0 unspecified atom stereocenters. The molecule has 1 aliphatic rings. The molecule has 6 heteroatoms. The molecule has 0 aliphatic carbocycles. The molecule has 6 nitrogen and oxygen atoms in total. The SMILES string of the molecule is COc1ccccc1N1CCN(C(=O)c2ccccc2C(c2ccc(OC(C)C)cc2)c2ccc(OC(C)C)cc2)CC1. The molecule has 4 aromatic rings. The summed E-state index contributed by atoms with van der Waals surface area (Å²) in [7, 11) is 1.70. The van der Waals surface area contributed by atoms with Crippen molar-refractivity contribution < 1.29 is 19.0 Å². The fraction of sp³-hybridized carbons (Fsp3) is 0.324. The van der Waals surface area contributed by atoms with Crippen LogP contribution < -0.4 is 19.1 Å². The minimum absolute atomic E-state index is 0.0554. The second-order valence-corrected chi connectivity index (χ2v) is 11.4. The van der Waals surface area contributed by atoms with Crippen molar-refractivity contribution in [1.82, 2.24) is 4.90 Å². The molecule has 0 bridgehead atoms. The van der Waals surface area contributed by atoms with Crippen LogP contribution in [-0.4, -0.2) is 56.3 Å². The predicted octanol–water partition coefficient (Wildman–Crippen LogP) is 7.41. The molecular formula is C37H42N2O4. The lowest BCUT2D eigenvalue weighted by molar-refractivity contribution is 0.0745. The number of amides is 1. The Bertz CT molecular complexity index is 1440. The van der Waals surface area contributed by atoms with Crippen LogP contribution in [0.25, 0.3) is 0 Å². The monoisotopic (exact) mass is 578 g/mol. The normalized spacial score (nSPS) is 13.5. The summed E-state index contributed by atoms with van der Waals surface area (Å²) < 4.78 is 17.4. The first-order valence-electron chi connectivity index (χ1n) is 15.1. The number of para-hydroxylation sites is 2. The minimum Gasteiger partial charge on any atom is -0.495 e. The van der Waals surface area contributed by atoms with Crippen LogP contribution in [0.2, 0.25) is 0 Å². The van der Waals surface area contributed by atoms with Crippen molar-refractivity contribution >= 4 is 11.6 Å². The second kappa shape index (κ2) is 13.7. The molecule has 0 spiro atoms. The first-order chi connectivity index (χ1) is 20.8. The van der Waals surface area contributed by atoms with Gasteiger partial charge in [-0.05, 0) is 86.8 Å². The summed E-state index contributed by atoms with van der Waals surface area (Å²) in [6.45, 7) is 10.9. The van der Waals surface area contributed by atoms with Crippen molar-refractivity contribution in [3.8, 4) is 17.2 Å². The number of benzene rings is 4. The Kier molecular flexibility index (Phi) is 9.55. The van der Waals surface area contributed by atoms with Crippen LogP contribution in [0, 0.1) is 0 Å². The average Bonchev–Trinajstić information content (AvgIpc) is 3.02. The molecule has 43 heavy (non-hydrogen) atoms. The smallest absolute Gasteiger partial charge is 0.254 e. The number of methoxy groups -OCH3 is 1. The van der Waals surface area contributed by atoms with E-state index in [0.29, 0.717) is 13.1 Å². The number of carbonyl (C=O) groups excluding carboxylic acids is 1. The number of carbonyl (C=O) groups is 1. The Labute approximate surface area is 255 Å². The summed E-state index contributed by atoms with van der Waals surface area (Å²) in [5.41, 5.74) is 4.95. The number of piperazine rings is 1. The van der Waals surface area contributed by atoms with Gasteiger partial charge in [0, 0.05) is 37.7 Å². The molecule has 1 aliphatic heterocycles. The van der Waals surface area contributed by atoms with Gasteiger partial charge in [0.2, 0.25) is 0 Å². The summed E-state index contributed by atoms with van der Waals surface area (Å²) in [6.07, 6.45) is 0.189. The highest BCUT2D eigenvalue weighted by molar-refractivity contribution is 5.96. The lowest BCUT2D eigenvalue weighted by Crippen LogP contribution is -2.49. The molecule has 1 fully saturated rings. The van der Waals surface area contributed by atoms with Gasteiger partial charge in [0.25, 0.3) is 5.91 Å². The summed E-state index contributed by atoms with van der Waals surface area (Å²) in [6, 6.07) is 32.6. The Hall–Kier alpha value is -4.45. The maximum absolute atomic E-state index is 14.1. The van der Waals surface area contributed by atoms with Gasteiger partial charge in [0.15, 0.2) is 0 Å². The van der Waals surface area contributed by atoms with Crippen molar-refractivity contribution in [2.75, 3.05) is 38.2 Å². The lowest BCUT2D eigenvalue weighted by atomic mass is 9.82. The molecule has 4 aromatic carbocycles. The first-order valence-corrected chi connectivity index (χ1v) is 15.1. The van der Waals surface area contributed by atoms with Gasteiger partial charge in [-0.1, -0.05) is 54.6 Å². The second-order valence-electron chi connectivity index (χ2n) is 11.4. The van der Waals surface area contributed by atoms with Gasteiger partial charge < -0.3 is 24.0 Å². The first kappa shape index (κ1) is 30.0. The zero-order valence-corrected chi connectivity index (χ0v) is 25.8. The zero-order chi connectivity index (χ0) is 30.3. The molecule has 1 saturated heterocycles. The van der Waals surface area contributed by atoms with Crippen LogP contribution >= 0.6 is 0 Å². The quantitative estimate of drug-likeness (QED) is 0.183. The summed E-state index contributed by atoms with van der Waals surface area (Å²) in [5.74, 6) is 2.42. The fourth-order valence-electron chi connectivity index (χ4n) is 5.73. The van der Waals surface area contributed by atoms with Gasteiger partial charge in [-0.25, -0.2) is 0 Å². The largest absolute Gasteiger partial charge is 0.495 e. The van der Waals surface area contributed by atoms with Gasteiger partial charge in [-0.3, -0.25) is 4.79 Å². The van der Waals surface area contributed by atoms with E-state index in [9.17, 15) is 4.79 Å². The molecule has 5 rings (SSSR count). The van der Waals surface area contributed by atoms with Crippen LogP contribution in [0.1, 0.15) is 60.7 Å². The highest BCUT2D eigenvalue weighted by atomic mass is 16.5. The van der Waals surface area contributed by atoms with Crippen LogP contribution in [0.15, 0.2) is 97.1 Å². The molecule has 0 saturated carbocycles. The van der Waals surface area contributed by atoms with E-state index in [4.69, 9.17) is 14.2 Å². The maximum atomic E-state index is 14.1. The van der Waals surface area contributed by atoms with Crippen molar-refractivity contribution in [1.29, 1.82) is 0 Å². The Morgan fingerprint density at radius 1 is 0.651 bits per heavy atom. The van der Waals surface area contributed by atoms with E-state index in [1.807, 2.05) is 93.3 Å². The van der Waals surface area contributed by atoms with E-state index in [0.717, 1.165) is 58.3 Å². The van der Waals surface area contributed by atoms with Crippen molar-refractivity contribution in [2.24, 2.45) is 0 Å². The van der Waals surface area contributed by atoms with Crippen molar-refractivity contribution in [3.63, 3.8) is 0 Å². The number of hydrogen-bond donors (Lipinski definition) is 0. The van der Waals surface area contributed by atoms with Gasteiger partial charge in [0.05, 0.1) is 25.0 Å². The standard InChI is InChI=1S/C37H42N2O4/c1-26(2)42-30-18-14-28(15-19-30)36(29-16-20-31(21-17-29)43-27(3)4)32-10-6-7-11-33(32)37(40)39-24-22-38(23-25-39)34-12-8-9-13-35(34)41-5/h6-21,26-27,36H,22-25H2,1-5H3. The Morgan fingerprint density at radius 2 is 1.16 bits per heavy atom. The molecular weight excluding hydrogens is 536 g/mol. The molecule has 224 valence electrons. The fourth-order valence-corrected chi connectivity index (χ4v) is 5.73. The summed E-state index contributed by atoms with van der Waals surface area (Å²) in [5, 5.41) is 0. The predicted molar refractivity (Wildman–Crippen MR) is 173 cm³/mol. The Morgan fingerprint density at radius 3 is 1.70 bits per heavy atom. The number of nitrogens with zero attached hydrogens (tertiary/aromatic N) is 2. The third-order valence-electron chi connectivity index (χ3n) is 7.67. The average molecular weight is 579 g/mol. The van der Waals surface area contributed by atoms with Gasteiger partial charge in [0.1, 0.15) is 17.2 Å². The molecule has 0 aromatic heterocycles. The van der Waals surface area contributed by atoms with E-state index in [2.05, 4.69) is 41.3 Å². The van der Waals surface area contributed by atoms with E-state index in [1.165, 1.54) is 0 Å². The number of anilines is 1. The van der Waals surface area contributed by atoms with Crippen LogP contribution in [0.5, 0.6) is 17.2 Å². The molecule has 0 atom stereocenters. The highest BCUT2D eigenvalue weighted by Crippen LogP contribution is 2.36. The van der Waals surface area contributed by atoms with Crippen molar-refractivity contribution in [2.45, 2.75) is 45.8 Å². The molecule has 1 amide bonds. The van der Waals surface area contributed by atoms with Gasteiger partial charge in [-0.2, -0.15) is 0 Å². The zero-order valence-electron chi connectivity index (χ0n) is 25.8. The van der Waals surface area contributed by atoms with E-state index in [-0.39, 0.29) is 24.0 Å². The Balaban J connectivity index is 1.45. The summed E-state index contributed by atoms with van der Waals surface area (Å²) in [4.78, 5) is 18.4. The topological polar surface area (TPSA) is 51.2 Å². The lowest BCUT2D eigenvalue weighted by Gasteiger charge is -2.37. The number of rotatable bonds is 10. The maximum Gasteiger partial charge on any atom is 0.254 e. The van der Waals surface area contributed by atoms with Gasteiger partial charge in [-0.15, -0.1) is 0 Å². The van der Waals surface area contributed by atoms with Gasteiger partial charge >= 0.3 is 0 Å². The van der Waals surface area contributed by atoms with E-state index in [1.54, 1.807) is 7.11 Å². The number of ether oxygens (including phenoxy) is 3. The molecule has 0 radical (unpaired) electrons.